The minimum atomic E-state index is -2.36. The van der Waals surface area contributed by atoms with E-state index in [1.165, 1.54) is 15.9 Å². The molecule has 0 unspecified atom stereocenters. The number of carbonyl (C=O) groups excluding carboxylic acids is 1. The second-order valence-electron chi connectivity index (χ2n) is 9.12. The summed E-state index contributed by atoms with van der Waals surface area (Å²) in [5, 5.41) is 8.30. The maximum Gasteiger partial charge on any atom is 0.153 e. The van der Waals surface area contributed by atoms with Gasteiger partial charge in [0.1, 0.15) is 5.69 Å². The Kier molecular flexibility index (Phi) is 6.86. The molecule has 0 fully saturated rings. The molecule has 1 aromatic heterocycles. The lowest BCUT2D eigenvalue weighted by molar-refractivity contribution is 0.112. The van der Waals surface area contributed by atoms with Gasteiger partial charge in [0.25, 0.3) is 0 Å². The molecule has 0 aliphatic heterocycles. The minimum Gasteiger partial charge on any atom is -0.298 e. The Hall–Kier alpha value is -4.79. The second kappa shape index (κ2) is 10.9. The van der Waals surface area contributed by atoms with E-state index in [0.29, 0.717) is 11.3 Å². The molecule has 1 heterocycles. The monoisotopic (exact) mass is 523 g/mol. The molecule has 0 bridgehead atoms. The lowest BCUT2D eigenvalue weighted by Crippen LogP contribution is -2.25. The third kappa shape index (κ3) is 4.79. The minimum absolute atomic E-state index is 0.545. The van der Waals surface area contributed by atoms with E-state index in [-0.39, 0.29) is 0 Å². The van der Waals surface area contributed by atoms with Crippen molar-refractivity contribution in [2.24, 2.45) is 4.74 Å². The van der Waals surface area contributed by atoms with Crippen molar-refractivity contribution in [2.75, 3.05) is 0 Å². The Morgan fingerprint density at radius 1 is 0.590 bits per heavy atom. The molecule has 39 heavy (non-hydrogen) atoms. The molecule has 188 valence electrons. The summed E-state index contributed by atoms with van der Waals surface area (Å²) in [6, 6.07) is 49.5. The standard InChI is InChI=1S/C34H26N3OP/c38-26-28-25-37(30-13-5-1-6-14-30)35-34(28)27-21-23-29(24-22-27)36-39(31-15-7-2-8-16-31,32-17-9-3-10-18-32)33-19-11-4-12-20-33/h1-26H. The van der Waals surface area contributed by atoms with Crippen LogP contribution in [0.1, 0.15) is 10.4 Å². The molecule has 0 spiro atoms. The smallest absolute Gasteiger partial charge is 0.153 e. The first-order chi connectivity index (χ1) is 19.3. The van der Waals surface area contributed by atoms with Crippen LogP contribution in [0.5, 0.6) is 0 Å². The fraction of sp³-hybridized carbons (Fsp3) is 0. The molecule has 5 heteroatoms. The van der Waals surface area contributed by atoms with Gasteiger partial charge in [0.05, 0.1) is 24.0 Å². The molecular formula is C34H26N3OP. The molecule has 0 N–H and O–H groups in total. The SMILES string of the molecule is O=Cc1cn(-c2ccccc2)nc1-c1ccc(N=P(c2ccccc2)(c2ccccc2)c2ccccc2)cc1. The molecule has 0 amide bonds. The number of para-hydroxylation sites is 1. The summed E-state index contributed by atoms with van der Waals surface area (Å²) >= 11 is 0. The highest BCUT2D eigenvalue weighted by Gasteiger charge is 2.27. The Labute approximate surface area is 228 Å². The molecule has 4 nitrogen and oxygen atoms in total. The van der Waals surface area contributed by atoms with Crippen LogP contribution in [0.2, 0.25) is 0 Å². The molecule has 0 saturated heterocycles. The number of nitrogens with zero attached hydrogens (tertiary/aromatic N) is 3. The third-order valence-corrected chi connectivity index (χ3v) is 10.4. The average molecular weight is 524 g/mol. The van der Waals surface area contributed by atoms with Gasteiger partial charge < -0.3 is 0 Å². The van der Waals surface area contributed by atoms with Crippen LogP contribution in [0.4, 0.5) is 5.69 Å². The van der Waals surface area contributed by atoms with Crippen LogP contribution < -0.4 is 15.9 Å². The summed E-state index contributed by atoms with van der Waals surface area (Å²) in [5.74, 6) is 0. The zero-order chi connectivity index (χ0) is 26.5. The van der Waals surface area contributed by atoms with Gasteiger partial charge in [-0.25, -0.2) is 4.68 Å². The fourth-order valence-corrected chi connectivity index (χ4v) is 8.35. The van der Waals surface area contributed by atoms with Gasteiger partial charge in [-0.2, -0.15) is 5.10 Å². The topological polar surface area (TPSA) is 47.2 Å². The van der Waals surface area contributed by atoms with Crippen molar-refractivity contribution in [1.82, 2.24) is 9.78 Å². The summed E-state index contributed by atoms with van der Waals surface area (Å²) < 4.78 is 7.29. The number of benzene rings is 5. The zero-order valence-electron chi connectivity index (χ0n) is 21.2. The van der Waals surface area contributed by atoms with Crippen LogP contribution in [-0.4, -0.2) is 16.1 Å². The van der Waals surface area contributed by atoms with E-state index in [9.17, 15) is 4.79 Å². The van der Waals surface area contributed by atoms with E-state index >= 15 is 0 Å². The van der Waals surface area contributed by atoms with Crippen LogP contribution >= 0.6 is 7.05 Å². The van der Waals surface area contributed by atoms with Crippen molar-refractivity contribution < 1.29 is 4.79 Å². The van der Waals surface area contributed by atoms with Gasteiger partial charge in [-0.05, 0) is 24.3 Å². The van der Waals surface area contributed by atoms with E-state index in [1.807, 2.05) is 72.8 Å². The summed E-state index contributed by atoms with van der Waals surface area (Å²) in [4.78, 5) is 11.9. The fourth-order valence-electron chi connectivity index (χ4n) is 4.82. The Balaban J connectivity index is 1.51. The maximum atomic E-state index is 11.9. The number of hydrogen-bond acceptors (Lipinski definition) is 3. The summed E-state index contributed by atoms with van der Waals surface area (Å²) in [6.45, 7) is 0. The van der Waals surface area contributed by atoms with E-state index in [1.54, 1.807) is 10.9 Å². The molecule has 0 aliphatic carbocycles. The van der Waals surface area contributed by atoms with Gasteiger partial charge in [0.2, 0.25) is 0 Å². The second-order valence-corrected chi connectivity index (χ2v) is 12.1. The molecule has 5 aromatic carbocycles. The van der Waals surface area contributed by atoms with Crippen molar-refractivity contribution in [3.8, 4) is 16.9 Å². The van der Waals surface area contributed by atoms with Crippen LogP contribution in [-0.2, 0) is 0 Å². The predicted molar refractivity (Wildman–Crippen MR) is 162 cm³/mol. The molecule has 6 aromatic rings. The number of aldehydes is 1. The lowest BCUT2D eigenvalue weighted by Gasteiger charge is -2.27. The molecule has 0 saturated carbocycles. The molecular weight excluding hydrogens is 497 g/mol. The summed E-state index contributed by atoms with van der Waals surface area (Å²) in [6.07, 6.45) is 2.63. The van der Waals surface area contributed by atoms with E-state index in [0.717, 1.165) is 23.2 Å². The summed E-state index contributed by atoms with van der Waals surface area (Å²) in [7, 11) is -2.36. The first-order valence-electron chi connectivity index (χ1n) is 12.8. The van der Waals surface area contributed by atoms with Crippen LogP contribution in [0, 0.1) is 0 Å². The maximum absolute atomic E-state index is 11.9. The van der Waals surface area contributed by atoms with Crippen LogP contribution in [0.3, 0.4) is 0 Å². The summed E-state index contributed by atoms with van der Waals surface area (Å²) in [5.41, 5.74) is 3.84. The first-order valence-corrected chi connectivity index (χ1v) is 14.5. The normalized spacial score (nSPS) is 11.2. The zero-order valence-corrected chi connectivity index (χ0v) is 22.1. The number of carbonyl (C=O) groups is 1. The van der Waals surface area contributed by atoms with E-state index in [2.05, 4.69) is 72.8 Å². The van der Waals surface area contributed by atoms with Gasteiger partial charge >= 0.3 is 0 Å². The van der Waals surface area contributed by atoms with E-state index in [4.69, 9.17) is 9.84 Å². The van der Waals surface area contributed by atoms with Gasteiger partial charge in [0, 0.05) is 27.7 Å². The number of hydrogen-bond donors (Lipinski definition) is 0. The molecule has 0 atom stereocenters. The third-order valence-electron chi connectivity index (χ3n) is 6.69. The Bertz CT molecular complexity index is 1640. The molecule has 0 aliphatic rings. The van der Waals surface area contributed by atoms with Gasteiger partial charge in [-0.15, -0.1) is 0 Å². The quantitative estimate of drug-likeness (QED) is 0.165. The molecule has 6 rings (SSSR count). The largest absolute Gasteiger partial charge is 0.298 e. The average Bonchev–Trinajstić information content (AvgIpc) is 3.47. The Morgan fingerprint density at radius 3 is 1.51 bits per heavy atom. The highest BCUT2D eigenvalue weighted by Crippen LogP contribution is 2.49. The Morgan fingerprint density at radius 2 is 1.05 bits per heavy atom. The number of rotatable bonds is 7. The number of aromatic nitrogens is 2. The van der Waals surface area contributed by atoms with Crippen molar-refractivity contribution in [2.45, 2.75) is 0 Å². The van der Waals surface area contributed by atoms with Crippen molar-refractivity contribution in [1.29, 1.82) is 0 Å². The van der Waals surface area contributed by atoms with Gasteiger partial charge in [0.15, 0.2) is 6.29 Å². The predicted octanol–water partition coefficient (Wildman–Crippen LogP) is 7.16. The van der Waals surface area contributed by atoms with Crippen LogP contribution in [0.25, 0.3) is 16.9 Å². The van der Waals surface area contributed by atoms with Gasteiger partial charge in [-0.3, -0.25) is 9.54 Å². The van der Waals surface area contributed by atoms with Gasteiger partial charge in [-0.1, -0.05) is 121 Å². The van der Waals surface area contributed by atoms with Crippen LogP contribution in [0.15, 0.2) is 157 Å². The highest BCUT2D eigenvalue weighted by molar-refractivity contribution is 7.87. The lowest BCUT2D eigenvalue weighted by atomic mass is 10.1. The molecule has 0 radical (unpaired) electrons. The van der Waals surface area contributed by atoms with Crippen molar-refractivity contribution in [3.63, 3.8) is 0 Å². The first kappa shape index (κ1) is 24.5. The highest BCUT2D eigenvalue weighted by atomic mass is 31.2. The van der Waals surface area contributed by atoms with Crippen molar-refractivity contribution >= 4 is 34.9 Å². The van der Waals surface area contributed by atoms with Crippen molar-refractivity contribution in [3.05, 3.63) is 157 Å². The van der Waals surface area contributed by atoms with E-state index < -0.39 is 7.05 Å².